The van der Waals surface area contributed by atoms with Gasteiger partial charge in [-0.1, -0.05) is 50.3 Å². The molecule has 1 N–H and O–H groups in total. The van der Waals surface area contributed by atoms with Crippen LogP contribution < -0.4 is 0 Å². The smallest absolute Gasteiger partial charge is 0.163 e. The van der Waals surface area contributed by atoms with Gasteiger partial charge in [0.05, 0.1) is 38.1 Å². The van der Waals surface area contributed by atoms with Crippen LogP contribution in [0.25, 0.3) is 0 Å². The molecule has 0 radical (unpaired) electrons. The molecular formula is C23H34O7. The van der Waals surface area contributed by atoms with E-state index in [-0.39, 0.29) is 43.5 Å². The van der Waals surface area contributed by atoms with Crippen molar-refractivity contribution in [3.63, 3.8) is 0 Å². The fraction of sp³-hybridized carbons (Fsp3) is 0.652. The maximum atomic E-state index is 10.7. The van der Waals surface area contributed by atoms with Gasteiger partial charge in [0, 0.05) is 18.9 Å². The van der Waals surface area contributed by atoms with Crippen LogP contribution in [0.15, 0.2) is 43.0 Å². The molecule has 2 saturated heterocycles. The number of benzene rings is 1. The van der Waals surface area contributed by atoms with Crippen LogP contribution in [0.1, 0.15) is 19.4 Å². The number of hydrogen-bond acceptors (Lipinski definition) is 7. The van der Waals surface area contributed by atoms with E-state index >= 15 is 0 Å². The first kappa shape index (κ1) is 23.3. The Morgan fingerprint density at radius 3 is 2.57 bits per heavy atom. The summed E-state index contributed by atoms with van der Waals surface area (Å²) >= 11 is 0. The van der Waals surface area contributed by atoms with Crippen molar-refractivity contribution in [1.29, 1.82) is 0 Å². The molecule has 0 aromatic heterocycles. The number of aliphatic hydroxyl groups excluding tert-OH is 1. The standard InChI is InChI=1S/C23H34O7/c1-5-11-27-23-16(3)21-22(30-23)20(28-12-17-9-7-6-8-10-17)15(2)19(29-21)18(24)13-26-14-25-4/h5-10,15-16,18-24H,1,11-14H2,2-4H3/t15-,16-,18-,19+,20+,21-,22+,23+/m1/s1. The molecule has 0 bridgehead atoms. The van der Waals surface area contributed by atoms with Crippen LogP contribution in [0, 0.1) is 11.8 Å². The predicted molar refractivity (Wildman–Crippen MR) is 111 cm³/mol. The quantitative estimate of drug-likeness (QED) is 0.334. The lowest BCUT2D eigenvalue weighted by atomic mass is 9.83. The number of hydrogen-bond donors (Lipinski definition) is 1. The summed E-state index contributed by atoms with van der Waals surface area (Å²) in [5, 5.41) is 10.7. The number of fused-ring (bicyclic) bond motifs is 1. The van der Waals surface area contributed by atoms with Gasteiger partial charge < -0.3 is 33.5 Å². The Morgan fingerprint density at radius 1 is 1.10 bits per heavy atom. The fourth-order valence-electron chi connectivity index (χ4n) is 4.22. The Hall–Kier alpha value is -1.32. The van der Waals surface area contributed by atoms with Gasteiger partial charge in [-0.05, 0) is 5.56 Å². The summed E-state index contributed by atoms with van der Waals surface area (Å²) in [4.78, 5) is 0. The topological polar surface area (TPSA) is 75.6 Å². The Morgan fingerprint density at radius 2 is 1.87 bits per heavy atom. The zero-order valence-electron chi connectivity index (χ0n) is 18.0. The SMILES string of the molecule is C=CCO[C@H]1O[C@@H]2[C@H](O[C@H]([C@H](O)COCOC)[C@@H](C)[C@@H]2OCc2ccccc2)[C@H]1C. The molecule has 0 saturated carbocycles. The Kier molecular flexibility index (Phi) is 8.83. The fourth-order valence-corrected chi connectivity index (χ4v) is 4.22. The van der Waals surface area contributed by atoms with Gasteiger partial charge in [0.2, 0.25) is 0 Å². The number of rotatable bonds is 11. The molecule has 3 rings (SSSR count). The van der Waals surface area contributed by atoms with Crippen LogP contribution in [0.3, 0.4) is 0 Å². The second kappa shape index (κ2) is 11.3. The lowest BCUT2D eigenvalue weighted by molar-refractivity contribution is -0.239. The second-order valence-electron chi connectivity index (χ2n) is 7.98. The summed E-state index contributed by atoms with van der Waals surface area (Å²) in [6.07, 6.45) is -0.757. The van der Waals surface area contributed by atoms with Gasteiger partial charge in [0.25, 0.3) is 0 Å². The molecule has 7 nitrogen and oxygen atoms in total. The van der Waals surface area contributed by atoms with Crippen LogP contribution in [0.2, 0.25) is 0 Å². The molecule has 2 aliphatic heterocycles. The third kappa shape index (κ3) is 5.48. The van der Waals surface area contributed by atoms with Crippen molar-refractivity contribution < 1.29 is 33.5 Å². The first-order valence-electron chi connectivity index (χ1n) is 10.5. The van der Waals surface area contributed by atoms with Gasteiger partial charge in [-0.2, -0.15) is 0 Å². The molecule has 168 valence electrons. The van der Waals surface area contributed by atoms with E-state index in [0.717, 1.165) is 5.56 Å². The van der Waals surface area contributed by atoms with Crippen LogP contribution in [-0.2, 0) is 35.0 Å². The molecule has 0 aliphatic carbocycles. The Bertz CT molecular complexity index is 640. The van der Waals surface area contributed by atoms with Gasteiger partial charge in [-0.25, -0.2) is 0 Å². The zero-order chi connectivity index (χ0) is 21.5. The molecule has 2 aliphatic rings. The first-order chi connectivity index (χ1) is 14.6. The average molecular weight is 423 g/mol. The Labute approximate surface area is 178 Å². The van der Waals surface area contributed by atoms with Crippen LogP contribution in [0.5, 0.6) is 0 Å². The van der Waals surface area contributed by atoms with E-state index in [4.69, 9.17) is 28.4 Å². The normalized spacial score (nSPS) is 34.5. The second-order valence-corrected chi connectivity index (χ2v) is 7.98. The minimum absolute atomic E-state index is 0.0140. The molecule has 0 spiro atoms. The van der Waals surface area contributed by atoms with Crippen molar-refractivity contribution in [3.05, 3.63) is 48.6 Å². The van der Waals surface area contributed by atoms with Gasteiger partial charge in [-0.15, -0.1) is 6.58 Å². The van der Waals surface area contributed by atoms with Crippen molar-refractivity contribution in [2.45, 2.75) is 57.3 Å². The van der Waals surface area contributed by atoms with E-state index in [1.165, 1.54) is 0 Å². The molecule has 1 aromatic carbocycles. The Balaban J connectivity index is 1.74. The van der Waals surface area contributed by atoms with Crippen molar-refractivity contribution in [2.75, 3.05) is 27.1 Å². The highest BCUT2D eigenvalue weighted by Gasteiger charge is 2.55. The van der Waals surface area contributed by atoms with E-state index in [1.54, 1.807) is 13.2 Å². The molecular weight excluding hydrogens is 388 g/mol. The predicted octanol–water partition coefficient (Wildman–Crippen LogP) is 2.52. The molecule has 2 fully saturated rings. The van der Waals surface area contributed by atoms with Crippen molar-refractivity contribution in [3.8, 4) is 0 Å². The third-order valence-corrected chi connectivity index (χ3v) is 5.77. The number of methoxy groups -OCH3 is 1. The lowest BCUT2D eigenvalue weighted by Crippen LogP contribution is -2.57. The van der Waals surface area contributed by atoms with E-state index in [1.807, 2.05) is 44.2 Å². The molecule has 0 unspecified atom stereocenters. The molecule has 7 heteroatoms. The van der Waals surface area contributed by atoms with Gasteiger partial charge in [0.1, 0.15) is 19.0 Å². The summed E-state index contributed by atoms with van der Waals surface area (Å²) in [6.45, 7) is 8.85. The molecule has 8 atom stereocenters. The summed E-state index contributed by atoms with van der Waals surface area (Å²) in [5.74, 6) is -0.124. The number of aliphatic hydroxyl groups is 1. The van der Waals surface area contributed by atoms with Crippen molar-refractivity contribution >= 4 is 0 Å². The molecule has 0 amide bonds. The van der Waals surface area contributed by atoms with Gasteiger partial charge in [-0.3, -0.25) is 0 Å². The first-order valence-corrected chi connectivity index (χ1v) is 10.5. The summed E-state index contributed by atoms with van der Waals surface area (Å²) in [7, 11) is 1.55. The van der Waals surface area contributed by atoms with Crippen LogP contribution in [0.4, 0.5) is 0 Å². The van der Waals surface area contributed by atoms with Gasteiger partial charge in [0.15, 0.2) is 6.29 Å². The number of ether oxygens (including phenoxy) is 6. The van der Waals surface area contributed by atoms with E-state index < -0.39 is 18.5 Å². The molecule has 2 heterocycles. The lowest BCUT2D eigenvalue weighted by Gasteiger charge is -2.44. The monoisotopic (exact) mass is 422 g/mol. The highest BCUT2D eigenvalue weighted by atomic mass is 16.7. The minimum atomic E-state index is -0.806. The minimum Gasteiger partial charge on any atom is -0.388 e. The summed E-state index contributed by atoms with van der Waals surface area (Å²) < 4.78 is 35.0. The summed E-state index contributed by atoms with van der Waals surface area (Å²) in [6, 6.07) is 10.0. The highest BCUT2D eigenvalue weighted by molar-refractivity contribution is 5.13. The van der Waals surface area contributed by atoms with Gasteiger partial charge >= 0.3 is 0 Å². The maximum absolute atomic E-state index is 10.7. The van der Waals surface area contributed by atoms with Crippen LogP contribution in [-0.4, -0.2) is 69.0 Å². The maximum Gasteiger partial charge on any atom is 0.163 e. The summed E-state index contributed by atoms with van der Waals surface area (Å²) in [5.41, 5.74) is 1.08. The highest BCUT2D eigenvalue weighted by Crippen LogP contribution is 2.42. The van der Waals surface area contributed by atoms with E-state index in [9.17, 15) is 5.11 Å². The van der Waals surface area contributed by atoms with E-state index in [2.05, 4.69) is 6.58 Å². The molecule has 1 aromatic rings. The van der Waals surface area contributed by atoms with Crippen molar-refractivity contribution in [2.24, 2.45) is 11.8 Å². The largest absolute Gasteiger partial charge is 0.388 e. The third-order valence-electron chi connectivity index (χ3n) is 5.77. The molecule has 30 heavy (non-hydrogen) atoms. The average Bonchev–Trinajstić information content (AvgIpc) is 3.07. The van der Waals surface area contributed by atoms with Crippen LogP contribution >= 0.6 is 0 Å². The van der Waals surface area contributed by atoms with E-state index in [0.29, 0.717) is 13.2 Å². The van der Waals surface area contributed by atoms with Crippen molar-refractivity contribution in [1.82, 2.24) is 0 Å². The zero-order valence-corrected chi connectivity index (χ0v) is 18.0.